The predicted octanol–water partition coefficient (Wildman–Crippen LogP) is 2.99. The van der Waals surface area contributed by atoms with E-state index in [9.17, 15) is 9.18 Å². The molecule has 1 aliphatic heterocycles. The van der Waals surface area contributed by atoms with Gasteiger partial charge < -0.3 is 4.90 Å². The largest absolute Gasteiger partial charge is 0.338 e. The summed E-state index contributed by atoms with van der Waals surface area (Å²) in [5, 5.41) is 0.930. The van der Waals surface area contributed by atoms with Crippen molar-refractivity contribution >= 4 is 21.8 Å². The number of benzene rings is 1. The second-order valence-corrected chi connectivity index (χ2v) is 5.17. The third-order valence-corrected chi connectivity index (χ3v) is 4.11. The second-order valence-electron chi connectivity index (χ2n) is 4.52. The van der Waals surface area contributed by atoms with E-state index in [-0.39, 0.29) is 11.7 Å². The van der Waals surface area contributed by atoms with Crippen molar-refractivity contribution in [3.8, 4) is 0 Å². The molecule has 1 fully saturated rings. The van der Waals surface area contributed by atoms with Crippen molar-refractivity contribution in [3.05, 3.63) is 35.1 Å². The molecule has 1 aromatic carbocycles. The monoisotopic (exact) mass is 299 g/mol. The van der Waals surface area contributed by atoms with E-state index < -0.39 is 0 Å². The van der Waals surface area contributed by atoms with Crippen LogP contribution in [0, 0.1) is 18.7 Å². The topological polar surface area (TPSA) is 20.3 Å². The maximum Gasteiger partial charge on any atom is 0.253 e. The molecule has 4 heteroatoms. The van der Waals surface area contributed by atoms with Crippen LogP contribution in [0.15, 0.2) is 18.2 Å². The van der Waals surface area contributed by atoms with Gasteiger partial charge in [-0.05, 0) is 43.0 Å². The SMILES string of the molecule is Cc1cc(C(=O)N2CCC(CBr)C2)ccc1F. The molecule has 0 aliphatic carbocycles. The first-order valence-corrected chi connectivity index (χ1v) is 6.85. The number of nitrogens with zero attached hydrogens (tertiary/aromatic N) is 1. The number of carbonyl (C=O) groups is 1. The van der Waals surface area contributed by atoms with Crippen LogP contribution in [0.5, 0.6) is 0 Å². The summed E-state index contributed by atoms with van der Waals surface area (Å²) in [6, 6.07) is 4.55. The number of alkyl halides is 1. The zero-order valence-corrected chi connectivity index (χ0v) is 11.3. The van der Waals surface area contributed by atoms with Crippen LogP contribution in [0.25, 0.3) is 0 Å². The Kier molecular flexibility index (Phi) is 3.82. The smallest absolute Gasteiger partial charge is 0.253 e. The Hall–Kier alpha value is -0.900. The van der Waals surface area contributed by atoms with Crippen LogP contribution in [0.4, 0.5) is 4.39 Å². The molecule has 0 saturated carbocycles. The molecule has 1 aromatic rings. The number of amides is 1. The second kappa shape index (κ2) is 5.17. The molecule has 2 nitrogen and oxygen atoms in total. The summed E-state index contributed by atoms with van der Waals surface area (Å²) in [5.41, 5.74) is 1.10. The molecule has 1 heterocycles. The van der Waals surface area contributed by atoms with Gasteiger partial charge in [-0.3, -0.25) is 4.79 Å². The fourth-order valence-electron chi connectivity index (χ4n) is 2.10. The van der Waals surface area contributed by atoms with Crippen LogP contribution in [-0.4, -0.2) is 29.2 Å². The fourth-order valence-corrected chi connectivity index (χ4v) is 2.63. The lowest BCUT2D eigenvalue weighted by molar-refractivity contribution is 0.0788. The third kappa shape index (κ3) is 2.68. The maximum atomic E-state index is 13.1. The highest BCUT2D eigenvalue weighted by molar-refractivity contribution is 9.09. The first kappa shape index (κ1) is 12.6. The predicted molar refractivity (Wildman–Crippen MR) is 68.9 cm³/mol. The van der Waals surface area contributed by atoms with Crippen molar-refractivity contribution in [1.82, 2.24) is 4.90 Å². The number of aryl methyl sites for hydroxylation is 1. The first-order valence-electron chi connectivity index (χ1n) is 5.73. The van der Waals surface area contributed by atoms with Crippen molar-refractivity contribution in [2.24, 2.45) is 5.92 Å². The van der Waals surface area contributed by atoms with E-state index >= 15 is 0 Å². The minimum atomic E-state index is -0.263. The Bertz CT molecular complexity index is 435. The summed E-state index contributed by atoms with van der Waals surface area (Å²) in [7, 11) is 0. The molecular weight excluding hydrogens is 285 g/mol. The minimum absolute atomic E-state index is 0.0107. The average Bonchev–Trinajstić information content (AvgIpc) is 2.80. The van der Waals surface area contributed by atoms with Gasteiger partial charge in [-0.1, -0.05) is 15.9 Å². The highest BCUT2D eigenvalue weighted by Gasteiger charge is 2.26. The Balaban J connectivity index is 2.12. The zero-order valence-electron chi connectivity index (χ0n) is 9.75. The lowest BCUT2D eigenvalue weighted by atomic mass is 10.1. The number of hydrogen-bond donors (Lipinski definition) is 0. The van der Waals surface area contributed by atoms with Crippen molar-refractivity contribution in [2.45, 2.75) is 13.3 Å². The van der Waals surface area contributed by atoms with E-state index in [1.807, 2.05) is 4.90 Å². The standard InChI is InChI=1S/C13H15BrFNO/c1-9-6-11(2-3-12(9)15)13(17)16-5-4-10(7-14)8-16/h2-3,6,10H,4-5,7-8H2,1H3. The van der Waals surface area contributed by atoms with E-state index in [2.05, 4.69) is 15.9 Å². The lowest BCUT2D eigenvalue weighted by Crippen LogP contribution is -2.28. The van der Waals surface area contributed by atoms with Crippen LogP contribution in [0.3, 0.4) is 0 Å². The molecule has 0 radical (unpaired) electrons. The van der Waals surface area contributed by atoms with Gasteiger partial charge >= 0.3 is 0 Å². The maximum absolute atomic E-state index is 13.1. The van der Waals surface area contributed by atoms with Gasteiger partial charge in [0.2, 0.25) is 0 Å². The Morgan fingerprint density at radius 3 is 2.94 bits per heavy atom. The van der Waals surface area contributed by atoms with E-state index in [0.29, 0.717) is 17.0 Å². The van der Waals surface area contributed by atoms with Gasteiger partial charge in [0.15, 0.2) is 0 Å². The summed E-state index contributed by atoms with van der Waals surface area (Å²) in [6.45, 7) is 3.27. The highest BCUT2D eigenvalue weighted by Crippen LogP contribution is 2.21. The summed E-state index contributed by atoms with van der Waals surface area (Å²) in [5.74, 6) is 0.290. The number of likely N-dealkylation sites (tertiary alicyclic amines) is 1. The van der Waals surface area contributed by atoms with Crippen LogP contribution in [0.2, 0.25) is 0 Å². The van der Waals surface area contributed by atoms with Gasteiger partial charge in [0.25, 0.3) is 5.91 Å². The third-order valence-electron chi connectivity index (χ3n) is 3.20. The summed E-state index contributed by atoms with van der Waals surface area (Å²) >= 11 is 3.44. The fraction of sp³-hybridized carbons (Fsp3) is 0.462. The van der Waals surface area contributed by atoms with Crippen molar-refractivity contribution in [2.75, 3.05) is 18.4 Å². The normalized spacial score (nSPS) is 19.7. The molecule has 2 rings (SSSR count). The van der Waals surface area contributed by atoms with E-state index in [1.165, 1.54) is 6.07 Å². The van der Waals surface area contributed by atoms with Crippen LogP contribution >= 0.6 is 15.9 Å². The number of carbonyl (C=O) groups excluding carboxylic acids is 1. The van der Waals surface area contributed by atoms with E-state index in [0.717, 1.165) is 24.8 Å². The first-order chi connectivity index (χ1) is 8.11. The van der Waals surface area contributed by atoms with Gasteiger partial charge in [-0.2, -0.15) is 0 Å². The van der Waals surface area contributed by atoms with E-state index in [1.54, 1.807) is 19.1 Å². The highest BCUT2D eigenvalue weighted by atomic mass is 79.9. The molecule has 92 valence electrons. The molecular formula is C13H15BrFNO. The molecule has 17 heavy (non-hydrogen) atoms. The van der Waals surface area contributed by atoms with Gasteiger partial charge in [-0.25, -0.2) is 4.39 Å². The molecule has 1 atom stereocenters. The number of rotatable bonds is 2. The van der Waals surface area contributed by atoms with Crippen molar-refractivity contribution in [3.63, 3.8) is 0 Å². The molecule has 1 saturated heterocycles. The van der Waals surface area contributed by atoms with Crippen molar-refractivity contribution < 1.29 is 9.18 Å². The van der Waals surface area contributed by atoms with Gasteiger partial charge in [0.05, 0.1) is 0 Å². The number of halogens is 2. The van der Waals surface area contributed by atoms with Crippen molar-refractivity contribution in [1.29, 1.82) is 0 Å². The van der Waals surface area contributed by atoms with E-state index in [4.69, 9.17) is 0 Å². The molecule has 1 amide bonds. The minimum Gasteiger partial charge on any atom is -0.338 e. The Morgan fingerprint density at radius 2 is 2.35 bits per heavy atom. The lowest BCUT2D eigenvalue weighted by Gasteiger charge is -2.16. The molecule has 0 spiro atoms. The van der Waals surface area contributed by atoms with Crippen LogP contribution < -0.4 is 0 Å². The summed E-state index contributed by atoms with van der Waals surface area (Å²) < 4.78 is 13.1. The summed E-state index contributed by atoms with van der Waals surface area (Å²) in [6.07, 6.45) is 1.04. The quantitative estimate of drug-likeness (QED) is 0.769. The molecule has 0 N–H and O–H groups in total. The Labute approximate surface area is 109 Å². The van der Waals surface area contributed by atoms with Gasteiger partial charge in [0.1, 0.15) is 5.82 Å². The van der Waals surface area contributed by atoms with Crippen LogP contribution in [0.1, 0.15) is 22.3 Å². The molecule has 0 aromatic heterocycles. The zero-order chi connectivity index (χ0) is 12.4. The Morgan fingerprint density at radius 1 is 1.59 bits per heavy atom. The van der Waals surface area contributed by atoms with Gasteiger partial charge in [0, 0.05) is 24.0 Å². The average molecular weight is 300 g/mol. The summed E-state index contributed by atoms with van der Waals surface area (Å²) in [4.78, 5) is 14.0. The number of hydrogen-bond acceptors (Lipinski definition) is 1. The van der Waals surface area contributed by atoms with Crippen LogP contribution in [-0.2, 0) is 0 Å². The van der Waals surface area contributed by atoms with Gasteiger partial charge in [-0.15, -0.1) is 0 Å². The molecule has 1 aliphatic rings. The molecule has 0 bridgehead atoms. The molecule has 1 unspecified atom stereocenters.